The molecule has 0 radical (unpaired) electrons. The van der Waals surface area contributed by atoms with Gasteiger partial charge in [0.15, 0.2) is 22.9 Å². The maximum Gasteiger partial charge on any atom is 0.203 e. The van der Waals surface area contributed by atoms with Gasteiger partial charge in [0.25, 0.3) is 0 Å². The maximum atomic E-state index is 6.03. The Morgan fingerprint density at radius 1 is 0.765 bits per heavy atom. The molecule has 1 heterocycles. The van der Waals surface area contributed by atoms with Crippen LogP contribution in [0.15, 0.2) is 36.4 Å². The van der Waals surface area contributed by atoms with Crippen LogP contribution in [0.1, 0.15) is 0 Å². The highest BCUT2D eigenvalue weighted by atomic mass is 35.5. The first kappa shape index (κ1) is 29.9. The number of benzene rings is 2. The maximum absolute atomic E-state index is 6.03. The minimum Gasteiger partial charge on any atom is -1.00 e. The summed E-state index contributed by atoms with van der Waals surface area (Å²) in [7, 11) is 8.24. The van der Waals surface area contributed by atoms with Crippen molar-refractivity contribution < 1.29 is 63.0 Å². The van der Waals surface area contributed by atoms with E-state index in [1.54, 1.807) is 47.7 Å². The standard InChI is InChI=1S/C24H34N2O6.2ClH/c1-27-19(17-32-18-14-22(29-3)24(31-5)23(15-18)30-4)16-25-10-12-26(13-11-25)20-8-6-7-9-21(20)28-2;;/h6-9,14-15,19H,10-13,16-17H2,1-5H3;2*1H. The quantitative estimate of drug-likeness (QED) is 0.309. The van der Waals surface area contributed by atoms with E-state index >= 15 is 0 Å². The van der Waals surface area contributed by atoms with Crippen molar-refractivity contribution in [3.05, 3.63) is 36.4 Å². The Morgan fingerprint density at radius 2 is 1.35 bits per heavy atom. The Morgan fingerprint density at radius 3 is 1.88 bits per heavy atom. The number of nitrogens with one attached hydrogen (secondary N) is 2. The van der Waals surface area contributed by atoms with E-state index in [1.807, 2.05) is 12.1 Å². The zero-order valence-electron chi connectivity index (χ0n) is 20.5. The Labute approximate surface area is 214 Å². The third-order valence-corrected chi connectivity index (χ3v) is 5.97. The molecule has 0 bridgehead atoms. The molecule has 1 aliphatic heterocycles. The number of rotatable bonds is 11. The van der Waals surface area contributed by atoms with E-state index in [9.17, 15) is 0 Å². The van der Waals surface area contributed by atoms with Gasteiger partial charge in [0.1, 0.15) is 51.2 Å². The number of piperazine rings is 1. The molecule has 0 aromatic heterocycles. The van der Waals surface area contributed by atoms with Crippen molar-refractivity contribution in [3.63, 3.8) is 0 Å². The van der Waals surface area contributed by atoms with E-state index in [-0.39, 0.29) is 30.9 Å². The summed E-state index contributed by atoms with van der Waals surface area (Å²) in [5.41, 5.74) is 1.24. The Bertz CT molecular complexity index is 840. The lowest BCUT2D eigenvalue weighted by atomic mass is 10.2. The van der Waals surface area contributed by atoms with Crippen LogP contribution in [0.4, 0.5) is 5.69 Å². The van der Waals surface area contributed by atoms with Gasteiger partial charge >= 0.3 is 0 Å². The smallest absolute Gasteiger partial charge is 0.203 e. The summed E-state index contributed by atoms with van der Waals surface area (Å²) in [6.45, 7) is 5.58. The molecule has 1 saturated heterocycles. The van der Waals surface area contributed by atoms with E-state index in [4.69, 9.17) is 28.4 Å². The predicted molar refractivity (Wildman–Crippen MR) is 121 cm³/mol. The van der Waals surface area contributed by atoms with Crippen molar-refractivity contribution in [1.29, 1.82) is 0 Å². The molecule has 2 aromatic carbocycles. The Hall–Kier alpha value is -2.10. The van der Waals surface area contributed by atoms with E-state index in [2.05, 4.69) is 12.1 Å². The molecule has 8 nitrogen and oxygen atoms in total. The fourth-order valence-electron chi connectivity index (χ4n) is 4.18. The lowest BCUT2D eigenvalue weighted by molar-refractivity contribution is -0.988. The Kier molecular flexibility index (Phi) is 13.2. The van der Waals surface area contributed by atoms with Gasteiger partial charge in [-0.1, -0.05) is 12.1 Å². The molecule has 10 heteroatoms. The molecular formula is C24H36Cl2N2O6. The van der Waals surface area contributed by atoms with Gasteiger partial charge in [-0.05, 0) is 6.07 Å². The van der Waals surface area contributed by atoms with E-state index in [0.717, 1.165) is 38.5 Å². The summed E-state index contributed by atoms with van der Waals surface area (Å²) in [6.07, 6.45) is -0.0168. The molecular weight excluding hydrogens is 483 g/mol. The van der Waals surface area contributed by atoms with Crippen molar-refractivity contribution in [2.24, 2.45) is 0 Å². The average molecular weight is 519 g/mol. The van der Waals surface area contributed by atoms with Crippen LogP contribution in [0, 0.1) is 0 Å². The van der Waals surface area contributed by atoms with Crippen LogP contribution in [0.25, 0.3) is 0 Å². The van der Waals surface area contributed by atoms with Crippen molar-refractivity contribution >= 4 is 5.69 Å². The number of halogens is 2. The third-order valence-electron chi connectivity index (χ3n) is 5.97. The van der Waals surface area contributed by atoms with Crippen LogP contribution in [-0.2, 0) is 4.74 Å². The van der Waals surface area contributed by atoms with Crippen molar-refractivity contribution in [1.82, 2.24) is 0 Å². The molecule has 34 heavy (non-hydrogen) atoms. The molecule has 0 saturated carbocycles. The zero-order valence-corrected chi connectivity index (χ0v) is 22.0. The number of para-hydroxylation sites is 2. The van der Waals surface area contributed by atoms with Gasteiger partial charge in [-0.3, -0.25) is 4.90 Å². The first-order chi connectivity index (χ1) is 15.6. The Balaban J connectivity index is 0.00000289. The first-order valence-corrected chi connectivity index (χ1v) is 10.9. The molecule has 0 spiro atoms. The van der Waals surface area contributed by atoms with Crippen molar-refractivity contribution in [2.75, 3.05) is 74.9 Å². The molecule has 1 atom stereocenters. The zero-order chi connectivity index (χ0) is 22.9. The highest BCUT2D eigenvalue weighted by Crippen LogP contribution is 2.40. The fraction of sp³-hybridized carbons (Fsp3) is 0.500. The normalized spacial score (nSPS) is 18.0. The van der Waals surface area contributed by atoms with E-state index in [1.165, 1.54) is 15.5 Å². The molecule has 0 amide bonds. The molecule has 2 aromatic rings. The number of hydrogen-bond acceptors (Lipinski definition) is 6. The first-order valence-electron chi connectivity index (χ1n) is 10.9. The minimum atomic E-state index is -0.0168. The highest BCUT2D eigenvalue weighted by Gasteiger charge is 2.28. The molecule has 1 unspecified atom stereocenters. The molecule has 3 rings (SSSR count). The van der Waals surface area contributed by atoms with Gasteiger partial charge in [-0.2, -0.15) is 0 Å². The SMILES string of the molecule is COc1ccccc1[NH+]1CC[NH+](CC(COc2cc(OC)c(OC)c(OC)c2)OC)CC1.[Cl-].[Cl-]. The number of methoxy groups -OCH3 is 5. The summed E-state index contributed by atoms with van der Waals surface area (Å²) in [6, 6.07) is 11.9. The number of ether oxygens (including phenoxy) is 6. The fourth-order valence-corrected chi connectivity index (χ4v) is 4.18. The van der Waals surface area contributed by atoms with Crippen LogP contribution in [0.5, 0.6) is 28.7 Å². The number of quaternary nitrogens is 2. The van der Waals surface area contributed by atoms with Gasteiger partial charge in [-0.25, -0.2) is 0 Å². The second-order valence-corrected chi connectivity index (χ2v) is 7.79. The van der Waals surface area contributed by atoms with Crippen LogP contribution < -0.4 is 58.3 Å². The second kappa shape index (κ2) is 15.0. The molecule has 1 aliphatic rings. The van der Waals surface area contributed by atoms with Gasteiger partial charge in [0.2, 0.25) is 5.75 Å². The minimum absolute atomic E-state index is 0. The van der Waals surface area contributed by atoms with E-state index in [0.29, 0.717) is 29.6 Å². The van der Waals surface area contributed by atoms with Crippen LogP contribution in [-0.4, -0.2) is 81.0 Å². The summed E-state index contributed by atoms with van der Waals surface area (Å²) in [5.74, 6) is 3.29. The predicted octanol–water partition coefficient (Wildman–Crippen LogP) is -5.76. The molecule has 1 fully saturated rings. The van der Waals surface area contributed by atoms with Crippen molar-refractivity contribution in [3.8, 4) is 28.7 Å². The topological polar surface area (TPSA) is 64.3 Å². The summed E-state index contributed by atoms with van der Waals surface area (Å²) < 4.78 is 33.5. The molecule has 0 aliphatic carbocycles. The highest BCUT2D eigenvalue weighted by molar-refractivity contribution is 5.55. The molecule has 2 N–H and O–H groups in total. The number of hydrogen-bond donors (Lipinski definition) is 2. The lowest BCUT2D eigenvalue weighted by Crippen LogP contribution is -3.26. The lowest BCUT2D eigenvalue weighted by Gasteiger charge is -2.31. The summed E-state index contributed by atoms with van der Waals surface area (Å²) in [5, 5.41) is 0. The largest absolute Gasteiger partial charge is 1.00 e. The van der Waals surface area contributed by atoms with Gasteiger partial charge in [-0.15, -0.1) is 0 Å². The summed E-state index contributed by atoms with van der Waals surface area (Å²) in [4.78, 5) is 2.98. The van der Waals surface area contributed by atoms with Crippen LogP contribution in [0.3, 0.4) is 0 Å². The van der Waals surface area contributed by atoms with Gasteiger partial charge in [0.05, 0.1) is 28.4 Å². The van der Waals surface area contributed by atoms with Gasteiger partial charge in [0, 0.05) is 25.3 Å². The second-order valence-electron chi connectivity index (χ2n) is 7.79. The molecule has 192 valence electrons. The van der Waals surface area contributed by atoms with E-state index < -0.39 is 0 Å². The average Bonchev–Trinajstić information content (AvgIpc) is 2.86. The van der Waals surface area contributed by atoms with Crippen LogP contribution >= 0.6 is 0 Å². The van der Waals surface area contributed by atoms with Crippen molar-refractivity contribution in [2.45, 2.75) is 6.10 Å². The van der Waals surface area contributed by atoms with Crippen LogP contribution in [0.2, 0.25) is 0 Å². The third kappa shape index (κ3) is 7.45. The van der Waals surface area contributed by atoms with Gasteiger partial charge < -0.3 is 58.1 Å². The summed E-state index contributed by atoms with van der Waals surface area (Å²) >= 11 is 0. The monoisotopic (exact) mass is 518 g/mol.